The average Bonchev–Trinajstić information content (AvgIpc) is 2.49. The number of hydrogen-bond acceptors (Lipinski definition) is 3. The molecule has 1 aliphatic carbocycles. The lowest BCUT2D eigenvalue weighted by molar-refractivity contribution is 0.0714. The van der Waals surface area contributed by atoms with Gasteiger partial charge in [-0.3, -0.25) is 4.79 Å². The molecule has 2 rings (SSSR count). The van der Waals surface area contributed by atoms with Gasteiger partial charge >= 0.3 is 0 Å². The molecule has 0 spiro atoms. The Bertz CT molecular complexity index is 620. The fourth-order valence-corrected chi connectivity index (χ4v) is 4.43. The van der Waals surface area contributed by atoms with Crippen molar-refractivity contribution >= 4 is 25.8 Å². The zero-order valence-corrected chi connectivity index (χ0v) is 17.7. The third-order valence-electron chi connectivity index (χ3n) is 5.39. The number of halogens is 1. The molecule has 0 unspecified atom stereocenters. The Morgan fingerprint density at radius 2 is 1.72 bits per heavy atom. The minimum absolute atomic E-state index is 0.0820. The van der Waals surface area contributed by atoms with E-state index in [4.69, 9.17) is 26.5 Å². The molecule has 0 aromatic heterocycles. The van der Waals surface area contributed by atoms with Gasteiger partial charge in [-0.1, -0.05) is 32.4 Å². The highest BCUT2D eigenvalue weighted by Gasteiger charge is 2.40. The number of carbonyl (C=O) groups excluding carboxylic acids is 1. The third-order valence-corrected chi connectivity index (χ3v) is 10.2. The molecule has 6 heteroatoms. The minimum atomic E-state index is -1.74. The molecular formula is C19H30ClNO3Si. The minimum Gasteiger partial charge on any atom is -0.490 e. The molecule has 0 saturated heterocycles. The summed E-state index contributed by atoms with van der Waals surface area (Å²) in [5, 5.41) is 0.702. The van der Waals surface area contributed by atoms with Crippen LogP contribution in [0.4, 0.5) is 0 Å². The normalized spacial score (nSPS) is 21.8. The van der Waals surface area contributed by atoms with Crippen LogP contribution in [0.5, 0.6) is 5.75 Å². The summed E-state index contributed by atoms with van der Waals surface area (Å²) in [5.41, 5.74) is 5.77. The second kappa shape index (κ2) is 7.68. The van der Waals surface area contributed by atoms with Crippen molar-refractivity contribution < 1.29 is 14.0 Å². The molecule has 0 bridgehead atoms. The summed E-state index contributed by atoms with van der Waals surface area (Å²) in [4.78, 5) is 11.6. The first-order chi connectivity index (χ1) is 11.5. The topological polar surface area (TPSA) is 61.6 Å². The zero-order chi connectivity index (χ0) is 18.8. The number of amides is 1. The molecule has 1 fully saturated rings. The molecule has 25 heavy (non-hydrogen) atoms. The van der Waals surface area contributed by atoms with Crippen molar-refractivity contribution in [3.63, 3.8) is 0 Å². The van der Waals surface area contributed by atoms with Gasteiger partial charge in [-0.2, -0.15) is 0 Å². The van der Waals surface area contributed by atoms with Gasteiger partial charge < -0.3 is 14.9 Å². The Balaban J connectivity index is 1.94. The fourth-order valence-electron chi connectivity index (χ4n) is 2.84. The first-order valence-corrected chi connectivity index (χ1v) is 12.2. The molecule has 0 heterocycles. The smallest absolute Gasteiger partial charge is 0.252 e. The lowest BCUT2D eigenvalue weighted by atomic mass is 9.95. The van der Waals surface area contributed by atoms with Crippen LogP contribution in [-0.4, -0.2) is 26.4 Å². The second-order valence-corrected chi connectivity index (χ2v) is 13.6. The molecule has 0 radical (unpaired) electrons. The Morgan fingerprint density at radius 3 is 2.24 bits per heavy atom. The zero-order valence-electron chi connectivity index (χ0n) is 15.9. The van der Waals surface area contributed by atoms with E-state index in [-0.39, 0.29) is 11.1 Å². The largest absolute Gasteiger partial charge is 0.490 e. The predicted octanol–water partition coefficient (Wildman–Crippen LogP) is 5.15. The van der Waals surface area contributed by atoms with Gasteiger partial charge in [-0.15, -0.1) is 0 Å². The van der Waals surface area contributed by atoms with Crippen molar-refractivity contribution in [2.45, 2.75) is 76.8 Å². The number of carbonyl (C=O) groups is 1. The second-order valence-electron chi connectivity index (χ2n) is 8.40. The molecular weight excluding hydrogens is 354 g/mol. The van der Waals surface area contributed by atoms with Crippen LogP contribution in [0.1, 0.15) is 56.8 Å². The van der Waals surface area contributed by atoms with Crippen LogP contribution >= 0.6 is 11.6 Å². The standard InChI is InChI=1S/C19H30ClNO3Si/c1-19(2,3)25(4,5)24-15-9-7-14(8-10-15)23-17-11-6-13(20)12-16(17)18(21)22/h6,11-12,14-15H,7-10H2,1-5H3,(H2,21,22). The van der Waals surface area contributed by atoms with Crippen molar-refractivity contribution in [2.75, 3.05) is 0 Å². The summed E-state index contributed by atoms with van der Waals surface area (Å²) in [6.07, 6.45) is 4.19. The predicted molar refractivity (Wildman–Crippen MR) is 105 cm³/mol. The molecule has 1 aliphatic rings. The molecule has 1 amide bonds. The number of rotatable bonds is 5. The van der Waals surface area contributed by atoms with Gasteiger partial charge in [0, 0.05) is 11.1 Å². The van der Waals surface area contributed by atoms with Crippen molar-refractivity contribution in [2.24, 2.45) is 5.73 Å². The lowest BCUT2D eigenvalue weighted by Gasteiger charge is -2.41. The van der Waals surface area contributed by atoms with Crippen LogP contribution < -0.4 is 10.5 Å². The van der Waals surface area contributed by atoms with E-state index in [2.05, 4.69) is 33.9 Å². The van der Waals surface area contributed by atoms with Crippen LogP contribution in [0, 0.1) is 0 Å². The number of nitrogens with two attached hydrogens (primary N) is 1. The van der Waals surface area contributed by atoms with Crippen LogP contribution in [0.25, 0.3) is 0 Å². The van der Waals surface area contributed by atoms with Gasteiger partial charge in [0.2, 0.25) is 0 Å². The van der Waals surface area contributed by atoms with E-state index in [1.54, 1.807) is 18.2 Å². The van der Waals surface area contributed by atoms with Crippen molar-refractivity contribution in [1.82, 2.24) is 0 Å². The van der Waals surface area contributed by atoms with Crippen LogP contribution in [0.2, 0.25) is 23.2 Å². The van der Waals surface area contributed by atoms with E-state index < -0.39 is 14.2 Å². The summed E-state index contributed by atoms with van der Waals surface area (Å²) in [5.74, 6) is -0.00175. The van der Waals surface area contributed by atoms with E-state index in [9.17, 15) is 4.79 Å². The Morgan fingerprint density at radius 1 is 1.16 bits per heavy atom. The fraction of sp³-hybridized carbons (Fsp3) is 0.632. The molecule has 1 aromatic rings. The van der Waals surface area contributed by atoms with Gasteiger partial charge in [-0.25, -0.2) is 0 Å². The summed E-state index contributed by atoms with van der Waals surface area (Å²) in [6.45, 7) is 11.4. The number of hydrogen-bond donors (Lipinski definition) is 1. The molecule has 4 nitrogen and oxygen atoms in total. The van der Waals surface area contributed by atoms with Gasteiger partial charge in [-0.05, 0) is 62.0 Å². The van der Waals surface area contributed by atoms with E-state index >= 15 is 0 Å². The van der Waals surface area contributed by atoms with Crippen LogP contribution in [0.3, 0.4) is 0 Å². The van der Waals surface area contributed by atoms with E-state index in [0.717, 1.165) is 25.7 Å². The SMILES string of the molecule is CC(C)(C)[Si](C)(C)OC1CCC(Oc2ccc(Cl)cc2C(N)=O)CC1. The maximum absolute atomic E-state index is 11.6. The highest BCUT2D eigenvalue weighted by Crippen LogP contribution is 2.39. The number of benzene rings is 1. The maximum Gasteiger partial charge on any atom is 0.252 e. The molecule has 140 valence electrons. The van der Waals surface area contributed by atoms with Gasteiger partial charge in [0.05, 0.1) is 11.7 Å². The van der Waals surface area contributed by atoms with E-state index in [1.807, 2.05) is 0 Å². The highest BCUT2D eigenvalue weighted by molar-refractivity contribution is 6.74. The highest BCUT2D eigenvalue weighted by atomic mass is 35.5. The summed E-state index contributed by atoms with van der Waals surface area (Å²) < 4.78 is 12.6. The van der Waals surface area contributed by atoms with E-state index in [0.29, 0.717) is 22.4 Å². The lowest BCUT2D eigenvalue weighted by Crippen LogP contribution is -2.45. The Labute approximate surface area is 157 Å². The molecule has 2 N–H and O–H groups in total. The van der Waals surface area contributed by atoms with Gasteiger partial charge in [0.25, 0.3) is 5.91 Å². The molecule has 0 atom stereocenters. The summed E-state index contributed by atoms with van der Waals surface area (Å²) >= 11 is 5.94. The van der Waals surface area contributed by atoms with Crippen molar-refractivity contribution in [3.05, 3.63) is 28.8 Å². The molecule has 1 saturated carbocycles. The third kappa shape index (κ3) is 5.22. The van der Waals surface area contributed by atoms with E-state index in [1.165, 1.54) is 0 Å². The molecule has 1 aromatic carbocycles. The average molecular weight is 384 g/mol. The van der Waals surface area contributed by atoms with Crippen LogP contribution in [0.15, 0.2) is 18.2 Å². The summed E-state index contributed by atoms with van der Waals surface area (Å²) in [7, 11) is -1.74. The van der Waals surface area contributed by atoms with Crippen molar-refractivity contribution in [1.29, 1.82) is 0 Å². The van der Waals surface area contributed by atoms with Gasteiger partial charge in [0.15, 0.2) is 8.32 Å². The number of ether oxygens (including phenoxy) is 1. The Kier molecular flexibility index (Phi) is 6.23. The Hall–Kier alpha value is -1.04. The molecule has 0 aliphatic heterocycles. The monoisotopic (exact) mass is 383 g/mol. The van der Waals surface area contributed by atoms with Crippen molar-refractivity contribution in [3.8, 4) is 5.75 Å². The summed E-state index contributed by atoms with van der Waals surface area (Å²) in [6, 6.07) is 5.00. The van der Waals surface area contributed by atoms with Crippen LogP contribution in [-0.2, 0) is 4.43 Å². The number of primary amides is 1. The first kappa shape index (κ1) is 20.3. The van der Waals surface area contributed by atoms with Gasteiger partial charge in [0.1, 0.15) is 5.75 Å². The maximum atomic E-state index is 11.6. The quantitative estimate of drug-likeness (QED) is 0.715. The first-order valence-electron chi connectivity index (χ1n) is 8.93.